The zero-order valence-corrected chi connectivity index (χ0v) is 12.6. The van der Waals surface area contributed by atoms with Gasteiger partial charge >= 0.3 is 5.97 Å². The molecule has 0 aromatic heterocycles. The molecule has 1 unspecified atom stereocenters. The normalized spacial score (nSPS) is 28.9. The van der Waals surface area contributed by atoms with Crippen LogP contribution in [-0.4, -0.2) is 35.6 Å². The monoisotopic (exact) mass is 273 g/mol. The molecule has 0 aliphatic carbocycles. The molecule has 1 fully saturated rings. The van der Waals surface area contributed by atoms with Crippen LogP contribution in [0.3, 0.4) is 0 Å². The van der Waals surface area contributed by atoms with Gasteiger partial charge in [0, 0.05) is 12.3 Å². The Morgan fingerprint density at radius 3 is 2.42 bits per heavy atom. The first-order chi connectivity index (χ1) is 8.55. The fourth-order valence-electron chi connectivity index (χ4n) is 2.78. The first-order valence-corrected chi connectivity index (χ1v) is 6.82. The Balaban J connectivity index is 2.85. The van der Waals surface area contributed by atoms with Gasteiger partial charge in [0.05, 0.1) is 18.6 Å². The summed E-state index contributed by atoms with van der Waals surface area (Å²) in [5, 5.41) is 8.93. The van der Waals surface area contributed by atoms with Gasteiger partial charge in [-0.1, -0.05) is 20.8 Å². The second-order valence-electron chi connectivity index (χ2n) is 6.84. The number of carboxylic acid groups (broad SMARTS) is 1. The number of rotatable bonds is 4. The number of aliphatic carboxylic acids is 1. The summed E-state index contributed by atoms with van der Waals surface area (Å²) < 4.78 is 11.6. The molecule has 5 nitrogen and oxygen atoms in total. The molecule has 1 aliphatic rings. The second kappa shape index (κ2) is 5.77. The summed E-state index contributed by atoms with van der Waals surface area (Å²) in [6.45, 7) is 10.5. The van der Waals surface area contributed by atoms with Crippen LogP contribution in [0.25, 0.3) is 0 Å². The zero-order chi connectivity index (χ0) is 14.8. The molecule has 0 amide bonds. The molecule has 0 aromatic rings. The molecular formula is C14H27NO4. The first kappa shape index (κ1) is 16.4. The Morgan fingerprint density at radius 1 is 1.42 bits per heavy atom. The fourth-order valence-corrected chi connectivity index (χ4v) is 2.78. The van der Waals surface area contributed by atoms with E-state index in [2.05, 4.69) is 20.8 Å². The van der Waals surface area contributed by atoms with Crippen LogP contribution in [0.5, 0.6) is 0 Å². The van der Waals surface area contributed by atoms with Crippen molar-refractivity contribution in [3.63, 3.8) is 0 Å². The lowest BCUT2D eigenvalue weighted by molar-refractivity contribution is -0.311. The highest BCUT2D eigenvalue weighted by Crippen LogP contribution is 2.38. The largest absolute Gasteiger partial charge is 0.481 e. The van der Waals surface area contributed by atoms with E-state index in [9.17, 15) is 4.79 Å². The van der Waals surface area contributed by atoms with E-state index >= 15 is 0 Å². The van der Waals surface area contributed by atoms with Crippen molar-refractivity contribution in [1.82, 2.24) is 0 Å². The average molecular weight is 273 g/mol. The van der Waals surface area contributed by atoms with Crippen LogP contribution in [0.2, 0.25) is 0 Å². The lowest BCUT2D eigenvalue weighted by Gasteiger charge is -2.46. The van der Waals surface area contributed by atoms with Gasteiger partial charge in [-0.05, 0) is 25.8 Å². The highest BCUT2D eigenvalue weighted by molar-refractivity contribution is 5.67. The number of nitrogens with two attached hydrogens (primary N) is 1. The van der Waals surface area contributed by atoms with Gasteiger partial charge in [-0.25, -0.2) is 0 Å². The fraction of sp³-hybridized carbons (Fsp3) is 0.929. The third-order valence-electron chi connectivity index (χ3n) is 3.60. The van der Waals surface area contributed by atoms with Crippen molar-refractivity contribution in [2.75, 3.05) is 6.54 Å². The smallest absolute Gasteiger partial charge is 0.305 e. The highest BCUT2D eigenvalue weighted by atomic mass is 16.7. The summed E-state index contributed by atoms with van der Waals surface area (Å²) in [5.41, 5.74) is 5.90. The van der Waals surface area contributed by atoms with Gasteiger partial charge in [0.2, 0.25) is 0 Å². The topological polar surface area (TPSA) is 81.8 Å². The minimum Gasteiger partial charge on any atom is -0.481 e. The standard InChI is InChI=1S/C14H27NO4/c1-13(2,3)10(8-15)11-6-9(7-12(16)17)18-14(4,5)19-11/h9-11H,6-8,15H2,1-5H3,(H,16,17)/t9-,10?,11+/m1/s1. The summed E-state index contributed by atoms with van der Waals surface area (Å²) in [5.74, 6) is -1.43. The number of hydrogen-bond acceptors (Lipinski definition) is 4. The molecule has 3 N–H and O–H groups in total. The van der Waals surface area contributed by atoms with Crippen LogP contribution in [0, 0.1) is 11.3 Å². The SMILES string of the molecule is CC1(C)O[C@@H](CC(=O)O)C[C@@H](C(CN)C(C)(C)C)O1. The second-order valence-corrected chi connectivity index (χ2v) is 6.84. The maximum absolute atomic E-state index is 10.9. The molecule has 0 bridgehead atoms. The number of carboxylic acids is 1. The minimum atomic E-state index is -0.846. The molecule has 1 aliphatic heterocycles. The van der Waals surface area contributed by atoms with Gasteiger partial charge < -0.3 is 20.3 Å². The minimum absolute atomic E-state index is 0.00469. The molecule has 5 heteroatoms. The molecule has 0 saturated carbocycles. The summed E-state index contributed by atoms with van der Waals surface area (Å²) in [6.07, 6.45) is 0.195. The van der Waals surface area contributed by atoms with Crippen molar-refractivity contribution in [2.24, 2.45) is 17.1 Å². The van der Waals surface area contributed by atoms with Crippen molar-refractivity contribution in [2.45, 2.75) is 65.5 Å². The van der Waals surface area contributed by atoms with Gasteiger partial charge in [0.25, 0.3) is 0 Å². The molecule has 1 heterocycles. The zero-order valence-electron chi connectivity index (χ0n) is 12.6. The van der Waals surface area contributed by atoms with Gasteiger partial charge in [0.1, 0.15) is 0 Å². The molecule has 19 heavy (non-hydrogen) atoms. The van der Waals surface area contributed by atoms with Crippen LogP contribution in [0.15, 0.2) is 0 Å². The average Bonchev–Trinajstić information content (AvgIpc) is 2.11. The molecular weight excluding hydrogens is 246 g/mol. The van der Waals surface area contributed by atoms with Crippen molar-refractivity contribution in [3.05, 3.63) is 0 Å². The molecule has 0 spiro atoms. The molecule has 3 atom stereocenters. The van der Waals surface area contributed by atoms with Crippen LogP contribution >= 0.6 is 0 Å². The van der Waals surface area contributed by atoms with E-state index < -0.39 is 11.8 Å². The molecule has 1 rings (SSSR count). The predicted octanol–water partition coefficient (Wildman–Crippen LogP) is 1.99. The quantitative estimate of drug-likeness (QED) is 0.818. The maximum atomic E-state index is 10.9. The molecule has 1 saturated heterocycles. The van der Waals surface area contributed by atoms with E-state index in [0.717, 1.165) is 0 Å². The molecule has 112 valence electrons. The van der Waals surface area contributed by atoms with E-state index in [1.54, 1.807) is 0 Å². The van der Waals surface area contributed by atoms with E-state index in [1.165, 1.54) is 0 Å². The van der Waals surface area contributed by atoms with Gasteiger partial charge in [0.15, 0.2) is 5.79 Å². The summed E-state index contributed by atoms with van der Waals surface area (Å²) >= 11 is 0. The van der Waals surface area contributed by atoms with Crippen LogP contribution in [0.1, 0.15) is 47.5 Å². The van der Waals surface area contributed by atoms with E-state index in [-0.39, 0.29) is 30.0 Å². The predicted molar refractivity (Wildman–Crippen MR) is 72.7 cm³/mol. The lowest BCUT2D eigenvalue weighted by Crippen LogP contribution is -2.51. The Labute approximate surface area is 115 Å². The Hall–Kier alpha value is -0.650. The first-order valence-electron chi connectivity index (χ1n) is 6.82. The molecule has 0 radical (unpaired) electrons. The van der Waals surface area contributed by atoms with E-state index in [1.807, 2.05) is 13.8 Å². The number of carbonyl (C=O) groups is 1. The number of ether oxygens (including phenoxy) is 2. The third-order valence-corrected chi connectivity index (χ3v) is 3.60. The van der Waals surface area contributed by atoms with Crippen LogP contribution in [0.4, 0.5) is 0 Å². The van der Waals surface area contributed by atoms with E-state index in [0.29, 0.717) is 13.0 Å². The Kier molecular flexibility index (Phi) is 4.98. The maximum Gasteiger partial charge on any atom is 0.305 e. The van der Waals surface area contributed by atoms with Crippen molar-refractivity contribution in [3.8, 4) is 0 Å². The van der Waals surface area contributed by atoms with Crippen molar-refractivity contribution >= 4 is 5.97 Å². The summed E-state index contributed by atoms with van der Waals surface area (Å²) in [7, 11) is 0. The van der Waals surface area contributed by atoms with Gasteiger partial charge in [-0.15, -0.1) is 0 Å². The van der Waals surface area contributed by atoms with Crippen LogP contribution in [-0.2, 0) is 14.3 Å². The summed E-state index contributed by atoms with van der Waals surface area (Å²) in [4.78, 5) is 10.9. The highest BCUT2D eigenvalue weighted by Gasteiger charge is 2.42. The lowest BCUT2D eigenvalue weighted by atomic mass is 9.75. The van der Waals surface area contributed by atoms with E-state index in [4.69, 9.17) is 20.3 Å². The van der Waals surface area contributed by atoms with Crippen LogP contribution < -0.4 is 5.73 Å². The van der Waals surface area contributed by atoms with Crippen molar-refractivity contribution in [1.29, 1.82) is 0 Å². The third kappa shape index (κ3) is 4.75. The Morgan fingerprint density at radius 2 is 2.00 bits per heavy atom. The van der Waals surface area contributed by atoms with Gasteiger partial charge in [-0.3, -0.25) is 4.79 Å². The Bertz CT molecular complexity index is 322. The summed E-state index contributed by atoms with van der Waals surface area (Å²) in [6, 6.07) is 0. The molecule has 0 aromatic carbocycles. The van der Waals surface area contributed by atoms with Gasteiger partial charge in [-0.2, -0.15) is 0 Å². The van der Waals surface area contributed by atoms with Crippen molar-refractivity contribution < 1.29 is 19.4 Å². The number of hydrogen-bond donors (Lipinski definition) is 2.